The summed E-state index contributed by atoms with van der Waals surface area (Å²) in [5.74, 6) is -2.20. The molecule has 1 N–H and O–H groups in total. The van der Waals surface area contributed by atoms with Gasteiger partial charge in [-0.05, 0) is 31.0 Å². The first-order valence-electron chi connectivity index (χ1n) is 7.00. The van der Waals surface area contributed by atoms with Crippen LogP contribution in [-0.2, 0) is 4.79 Å². The number of thioether (sulfide) groups is 1. The zero-order valence-corrected chi connectivity index (χ0v) is 13.0. The lowest BCUT2D eigenvalue weighted by Gasteiger charge is -2.32. The maximum Gasteiger partial charge on any atom is 0.288 e. The van der Waals surface area contributed by atoms with Gasteiger partial charge < -0.3 is 10.2 Å². The summed E-state index contributed by atoms with van der Waals surface area (Å²) < 4.78 is 24.6. The minimum absolute atomic E-state index is 0.127. The highest BCUT2D eigenvalue weighted by molar-refractivity contribution is 7.99. The van der Waals surface area contributed by atoms with Crippen molar-refractivity contribution >= 4 is 17.7 Å². The molecule has 2 rings (SSSR count). The van der Waals surface area contributed by atoms with Crippen LogP contribution in [-0.4, -0.2) is 36.2 Å². The predicted molar refractivity (Wildman–Crippen MR) is 80.5 cm³/mol. The van der Waals surface area contributed by atoms with Gasteiger partial charge in [0.1, 0.15) is 0 Å². The molecule has 0 unspecified atom stereocenters. The van der Waals surface area contributed by atoms with E-state index in [0.717, 1.165) is 12.0 Å². The van der Waals surface area contributed by atoms with Crippen LogP contribution in [0.4, 0.5) is 8.78 Å². The lowest BCUT2D eigenvalue weighted by molar-refractivity contribution is -0.132. The molecule has 1 aliphatic heterocycles. The number of likely N-dealkylation sites (tertiary alicyclic amines) is 1. The van der Waals surface area contributed by atoms with E-state index in [1.807, 2.05) is 26.1 Å². The van der Waals surface area contributed by atoms with E-state index in [2.05, 4.69) is 5.32 Å². The first-order valence-corrected chi connectivity index (χ1v) is 7.88. The highest BCUT2D eigenvalue weighted by Crippen LogP contribution is 2.26. The normalized spacial score (nSPS) is 20.9. The van der Waals surface area contributed by atoms with E-state index < -0.39 is 5.76 Å². The SMILES string of the molecule is C[C@H](N[C@H]1CCC(=O)N(C)C1)c1ccc(SC(F)F)cc1. The molecule has 1 saturated heterocycles. The van der Waals surface area contributed by atoms with E-state index in [1.165, 1.54) is 0 Å². The Bertz CT molecular complexity index is 481. The van der Waals surface area contributed by atoms with Gasteiger partial charge in [0, 0.05) is 37.0 Å². The van der Waals surface area contributed by atoms with Crippen molar-refractivity contribution < 1.29 is 13.6 Å². The van der Waals surface area contributed by atoms with Crippen LogP contribution in [0.1, 0.15) is 31.4 Å². The Morgan fingerprint density at radius 2 is 2.00 bits per heavy atom. The molecule has 1 aliphatic rings. The smallest absolute Gasteiger partial charge is 0.288 e. The molecular formula is C15H20F2N2OS. The molecule has 6 heteroatoms. The number of hydrogen-bond donors (Lipinski definition) is 1. The van der Waals surface area contributed by atoms with Crippen molar-refractivity contribution in [1.29, 1.82) is 0 Å². The Morgan fingerprint density at radius 1 is 1.33 bits per heavy atom. The van der Waals surface area contributed by atoms with Crippen LogP contribution in [0.3, 0.4) is 0 Å². The molecule has 0 radical (unpaired) electrons. The quantitative estimate of drug-likeness (QED) is 0.847. The number of likely N-dealkylation sites (N-methyl/N-ethyl adjacent to an activating group) is 1. The van der Waals surface area contributed by atoms with Crippen molar-refractivity contribution in [2.75, 3.05) is 13.6 Å². The number of alkyl halides is 2. The van der Waals surface area contributed by atoms with Gasteiger partial charge in [-0.25, -0.2) is 0 Å². The standard InChI is InChI=1S/C15H20F2N2OS/c1-10(18-12-5-8-14(20)19(2)9-12)11-3-6-13(7-4-11)21-15(16)17/h3-4,6-7,10,12,15,18H,5,8-9H2,1-2H3/t10-,12-/m0/s1. The number of carbonyl (C=O) groups excluding carboxylic acids is 1. The maximum absolute atomic E-state index is 12.3. The molecular weight excluding hydrogens is 294 g/mol. The lowest BCUT2D eigenvalue weighted by Crippen LogP contribution is -2.47. The molecule has 1 aromatic rings. The molecule has 1 aromatic carbocycles. The number of benzene rings is 1. The van der Waals surface area contributed by atoms with Crippen molar-refractivity contribution in [2.45, 2.75) is 42.5 Å². The molecule has 3 nitrogen and oxygen atoms in total. The van der Waals surface area contributed by atoms with Gasteiger partial charge in [-0.1, -0.05) is 23.9 Å². The van der Waals surface area contributed by atoms with Gasteiger partial charge in [0.2, 0.25) is 5.91 Å². The Labute approximate surface area is 128 Å². The molecule has 0 spiro atoms. The van der Waals surface area contributed by atoms with Crippen LogP contribution >= 0.6 is 11.8 Å². The van der Waals surface area contributed by atoms with Crippen LogP contribution in [0.15, 0.2) is 29.2 Å². The Morgan fingerprint density at radius 3 is 2.57 bits per heavy atom. The second kappa shape index (κ2) is 7.22. The van der Waals surface area contributed by atoms with Crippen molar-refractivity contribution in [3.8, 4) is 0 Å². The van der Waals surface area contributed by atoms with E-state index in [0.29, 0.717) is 29.6 Å². The van der Waals surface area contributed by atoms with Crippen molar-refractivity contribution in [3.63, 3.8) is 0 Å². The van der Waals surface area contributed by atoms with Crippen molar-refractivity contribution in [2.24, 2.45) is 0 Å². The van der Waals surface area contributed by atoms with Gasteiger partial charge >= 0.3 is 0 Å². The highest BCUT2D eigenvalue weighted by Gasteiger charge is 2.23. The number of rotatable bonds is 5. The largest absolute Gasteiger partial charge is 0.344 e. The fourth-order valence-electron chi connectivity index (χ4n) is 2.54. The Kier molecular flexibility index (Phi) is 5.58. The Hall–Kier alpha value is -1.14. The molecule has 0 aromatic heterocycles. The summed E-state index contributed by atoms with van der Waals surface area (Å²) in [6.45, 7) is 2.76. The van der Waals surface area contributed by atoms with E-state index in [-0.39, 0.29) is 18.0 Å². The fraction of sp³-hybridized carbons (Fsp3) is 0.533. The number of carbonyl (C=O) groups is 1. The van der Waals surface area contributed by atoms with Gasteiger partial charge in [0.05, 0.1) is 0 Å². The Balaban J connectivity index is 1.91. The summed E-state index contributed by atoms with van der Waals surface area (Å²) in [5.41, 5.74) is 1.06. The summed E-state index contributed by atoms with van der Waals surface area (Å²) in [6, 6.07) is 7.60. The maximum atomic E-state index is 12.3. The number of nitrogens with zero attached hydrogens (tertiary/aromatic N) is 1. The van der Waals surface area contributed by atoms with Gasteiger partial charge in [0.15, 0.2) is 0 Å². The molecule has 1 amide bonds. The topological polar surface area (TPSA) is 32.3 Å². The van der Waals surface area contributed by atoms with Gasteiger partial charge in [-0.3, -0.25) is 4.79 Å². The highest BCUT2D eigenvalue weighted by atomic mass is 32.2. The summed E-state index contributed by atoms with van der Waals surface area (Å²) in [7, 11) is 1.82. The minimum atomic E-state index is -2.39. The first kappa shape index (κ1) is 16.2. The molecule has 21 heavy (non-hydrogen) atoms. The minimum Gasteiger partial charge on any atom is -0.344 e. The third kappa shape index (κ3) is 4.68. The molecule has 116 valence electrons. The lowest BCUT2D eigenvalue weighted by atomic mass is 10.0. The van der Waals surface area contributed by atoms with Crippen molar-refractivity contribution in [1.82, 2.24) is 10.2 Å². The average molecular weight is 314 g/mol. The number of amides is 1. The molecule has 0 bridgehead atoms. The summed E-state index contributed by atoms with van der Waals surface area (Å²) >= 11 is 0.557. The molecule has 2 atom stereocenters. The fourth-order valence-corrected chi connectivity index (χ4v) is 3.03. The van der Waals surface area contributed by atoms with Gasteiger partial charge in [-0.15, -0.1) is 0 Å². The second-order valence-corrected chi connectivity index (χ2v) is 6.41. The van der Waals surface area contributed by atoms with E-state index >= 15 is 0 Å². The zero-order valence-electron chi connectivity index (χ0n) is 12.2. The summed E-state index contributed by atoms with van der Waals surface area (Å²) in [6.07, 6.45) is 1.41. The van der Waals surface area contributed by atoms with E-state index in [4.69, 9.17) is 0 Å². The van der Waals surface area contributed by atoms with Gasteiger partial charge in [0.25, 0.3) is 5.76 Å². The van der Waals surface area contributed by atoms with Crippen LogP contribution < -0.4 is 5.32 Å². The van der Waals surface area contributed by atoms with Crippen molar-refractivity contribution in [3.05, 3.63) is 29.8 Å². The predicted octanol–water partition coefficient (Wildman–Crippen LogP) is 3.27. The van der Waals surface area contributed by atoms with Crippen LogP contribution in [0, 0.1) is 0 Å². The monoisotopic (exact) mass is 314 g/mol. The molecule has 1 heterocycles. The summed E-state index contributed by atoms with van der Waals surface area (Å²) in [5, 5.41) is 3.50. The zero-order chi connectivity index (χ0) is 15.4. The van der Waals surface area contributed by atoms with Crippen LogP contribution in [0.2, 0.25) is 0 Å². The number of hydrogen-bond acceptors (Lipinski definition) is 3. The molecule has 0 saturated carbocycles. The molecule has 0 aliphatic carbocycles. The summed E-state index contributed by atoms with van der Waals surface area (Å²) in [4.78, 5) is 13.8. The first-order chi connectivity index (χ1) is 9.95. The van der Waals surface area contributed by atoms with Gasteiger partial charge in [-0.2, -0.15) is 8.78 Å². The third-order valence-electron chi connectivity index (χ3n) is 3.72. The third-order valence-corrected chi connectivity index (χ3v) is 4.44. The molecule has 1 fully saturated rings. The number of piperidine rings is 1. The van der Waals surface area contributed by atoms with Crippen LogP contribution in [0.25, 0.3) is 0 Å². The average Bonchev–Trinajstić information content (AvgIpc) is 2.43. The van der Waals surface area contributed by atoms with E-state index in [9.17, 15) is 13.6 Å². The number of halogens is 2. The van der Waals surface area contributed by atoms with Crippen LogP contribution in [0.5, 0.6) is 0 Å². The number of nitrogens with one attached hydrogen (secondary N) is 1. The van der Waals surface area contributed by atoms with E-state index in [1.54, 1.807) is 17.0 Å². The second-order valence-electron chi connectivity index (χ2n) is 5.35.